The molecule has 0 aliphatic rings. The summed E-state index contributed by atoms with van der Waals surface area (Å²) in [4.78, 5) is 72.3. The van der Waals surface area contributed by atoms with E-state index in [1.54, 1.807) is 0 Å². The molecule has 0 saturated carbocycles. The molecule has 0 bridgehead atoms. The summed E-state index contributed by atoms with van der Waals surface area (Å²) in [5.74, 6) is -1.42. The number of unbranched alkanes of at least 4 members (excludes halogenated alkanes) is 43. The molecular weight excluding hydrogens is 1190 g/mol. The Hall–Kier alpha value is -1.94. The van der Waals surface area contributed by atoms with Gasteiger partial charge in [-0.15, -0.1) is 0 Å². The van der Waals surface area contributed by atoms with Crippen LogP contribution in [-0.4, -0.2) is 96.7 Å². The topological polar surface area (TPSA) is 237 Å². The Morgan fingerprint density at radius 3 is 0.756 bits per heavy atom. The first-order chi connectivity index (χ1) is 43.5. The van der Waals surface area contributed by atoms with E-state index in [1.807, 2.05) is 0 Å². The highest BCUT2D eigenvalue weighted by Crippen LogP contribution is 2.45. The number of esters is 4. The van der Waals surface area contributed by atoms with E-state index in [2.05, 4.69) is 34.6 Å². The maximum absolute atomic E-state index is 13.0. The van der Waals surface area contributed by atoms with Crippen molar-refractivity contribution in [1.82, 2.24) is 0 Å². The summed E-state index contributed by atoms with van der Waals surface area (Å²) in [5, 5.41) is 10.6. The molecule has 0 amide bonds. The van der Waals surface area contributed by atoms with Crippen LogP contribution in [0.3, 0.4) is 0 Å². The van der Waals surface area contributed by atoms with E-state index in [-0.39, 0.29) is 25.7 Å². The van der Waals surface area contributed by atoms with Crippen molar-refractivity contribution in [1.29, 1.82) is 0 Å². The Bertz CT molecular complexity index is 1740. The Morgan fingerprint density at radius 1 is 0.300 bits per heavy atom. The predicted molar refractivity (Wildman–Crippen MR) is 363 cm³/mol. The van der Waals surface area contributed by atoms with Crippen molar-refractivity contribution >= 4 is 39.5 Å². The normalized spacial score (nSPS) is 14.1. The Kier molecular flexibility index (Phi) is 63.0. The fourth-order valence-corrected chi connectivity index (χ4v) is 12.4. The number of phosphoric ester groups is 2. The molecule has 0 aromatic heterocycles. The minimum Gasteiger partial charge on any atom is -0.462 e. The lowest BCUT2D eigenvalue weighted by Crippen LogP contribution is -2.30. The number of carbonyl (C=O) groups is 4. The van der Waals surface area contributed by atoms with E-state index < -0.39 is 97.5 Å². The van der Waals surface area contributed by atoms with Gasteiger partial charge in [0.25, 0.3) is 0 Å². The van der Waals surface area contributed by atoms with Crippen LogP contribution in [0.1, 0.15) is 369 Å². The molecule has 534 valence electrons. The van der Waals surface area contributed by atoms with Crippen LogP contribution in [-0.2, 0) is 65.4 Å². The Labute approximate surface area is 549 Å². The second-order valence-electron chi connectivity index (χ2n) is 26.1. The molecule has 5 atom stereocenters. The molecule has 0 aliphatic heterocycles. The van der Waals surface area contributed by atoms with Gasteiger partial charge in [-0.05, 0) is 31.6 Å². The lowest BCUT2D eigenvalue weighted by molar-refractivity contribution is -0.161. The zero-order valence-corrected chi connectivity index (χ0v) is 60.1. The van der Waals surface area contributed by atoms with Crippen molar-refractivity contribution in [3.05, 3.63) is 0 Å². The maximum atomic E-state index is 13.0. The average molecular weight is 1330 g/mol. The zero-order chi connectivity index (χ0) is 66.3. The van der Waals surface area contributed by atoms with E-state index in [0.29, 0.717) is 25.7 Å². The van der Waals surface area contributed by atoms with Crippen LogP contribution >= 0.6 is 15.6 Å². The molecule has 0 heterocycles. The SMILES string of the molecule is CCCCCCCCCCCCCCCCCCCCCCCC(=O)O[C@H](COC(=O)CCCCCCCCCCCCCCC)COP(=O)(O)OC[C@@H](O)COP(=O)(O)OC[C@@H](COC(=O)CCCCCCC)OC(=O)CCCCCCCCCCC(C)C. The first-order valence-electron chi connectivity index (χ1n) is 37.1. The molecule has 0 fully saturated rings. The number of aliphatic hydroxyl groups excluding tert-OH is 1. The second-order valence-corrected chi connectivity index (χ2v) is 29.0. The van der Waals surface area contributed by atoms with Gasteiger partial charge in [0.2, 0.25) is 0 Å². The molecule has 0 aromatic rings. The van der Waals surface area contributed by atoms with Crippen molar-refractivity contribution in [2.45, 2.75) is 387 Å². The van der Waals surface area contributed by atoms with Gasteiger partial charge in [-0.2, -0.15) is 0 Å². The van der Waals surface area contributed by atoms with Crippen LogP contribution in [0.4, 0.5) is 0 Å². The van der Waals surface area contributed by atoms with Crippen molar-refractivity contribution in [3.8, 4) is 0 Å². The number of hydrogen-bond acceptors (Lipinski definition) is 15. The lowest BCUT2D eigenvalue weighted by Gasteiger charge is -2.21. The molecular formula is C71H138O17P2. The van der Waals surface area contributed by atoms with Gasteiger partial charge >= 0.3 is 39.5 Å². The molecule has 0 saturated heterocycles. The highest BCUT2D eigenvalue weighted by Gasteiger charge is 2.30. The van der Waals surface area contributed by atoms with Gasteiger partial charge in [0, 0.05) is 25.7 Å². The minimum atomic E-state index is -4.95. The van der Waals surface area contributed by atoms with Gasteiger partial charge in [0.05, 0.1) is 26.4 Å². The Balaban J connectivity index is 5.11. The number of aliphatic hydroxyl groups is 1. The fourth-order valence-electron chi connectivity index (χ4n) is 10.8. The summed E-state index contributed by atoms with van der Waals surface area (Å²) < 4.78 is 68.1. The highest BCUT2D eigenvalue weighted by molar-refractivity contribution is 7.47. The third kappa shape index (κ3) is 64.8. The predicted octanol–water partition coefficient (Wildman–Crippen LogP) is 20.5. The summed E-state index contributed by atoms with van der Waals surface area (Å²) in [6.45, 7) is 7.12. The fraction of sp³-hybridized carbons (Fsp3) is 0.944. The van der Waals surface area contributed by atoms with Crippen molar-refractivity contribution in [3.63, 3.8) is 0 Å². The van der Waals surface area contributed by atoms with E-state index >= 15 is 0 Å². The van der Waals surface area contributed by atoms with Crippen LogP contribution in [0.15, 0.2) is 0 Å². The van der Waals surface area contributed by atoms with E-state index in [9.17, 15) is 43.2 Å². The van der Waals surface area contributed by atoms with Gasteiger partial charge in [-0.3, -0.25) is 37.3 Å². The van der Waals surface area contributed by atoms with E-state index in [1.165, 1.54) is 186 Å². The third-order valence-corrected chi connectivity index (χ3v) is 18.4. The summed E-state index contributed by atoms with van der Waals surface area (Å²) >= 11 is 0. The number of hydrogen-bond donors (Lipinski definition) is 3. The molecule has 17 nitrogen and oxygen atoms in total. The molecule has 0 radical (unpaired) electrons. The number of ether oxygens (including phenoxy) is 4. The standard InChI is InChI=1S/C71H138O17P2/c1-6-9-12-15-17-19-21-23-24-25-26-27-28-29-30-32-34-36-41-46-51-56-70(75)88-67(61-82-69(74)55-50-45-40-35-33-31-22-20-18-16-13-10-7-2)63-86-90(79,80)84-59-65(72)58-83-89(77,78)85-62-66(60-81-68(73)54-49-43-14-11-8-3)87-71(76)57-52-47-42-38-37-39-44-48-53-64(4)5/h64-67,72H,6-63H2,1-5H3,(H,77,78)(H,79,80)/t65-,66+,67+/m0/s1. The van der Waals surface area contributed by atoms with Gasteiger partial charge in [-0.25, -0.2) is 9.13 Å². The number of rotatable bonds is 71. The molecule has 19 heteroatoms. The second kappa shape index (κ2) is 64.4. The minimum absolute atomic E-state index is 0.104. The summed E-state index contributed by atoms with van der Waals surface area (Å²) in [5.41, 5.74) is 0. The summed E-state index contributed by atoms with van der Waals surface area (Å²) in [6, 6.07) is 0. The quantitative estimate of drug-likeness (QED) is 0.0222. The average Bonchev–Trinajstić information content (AvgIpc) is 3.40. The van der Waals surface area contributed by atoms with Crippen molar-refractivity contribution in [2.24, 2.45) is 5.92 Å². The molecule has 0 aliphatic carbocycles. The Morgan fingerprint density at radius 2 is 0.511 bits per heavy atom. The largest absolute Gasteiger partial charge is 0.472 e. The monoisotopic (exact) mass is 1320 g/mol. The third-order valence-electron chi connectivity index (χ3n) is 16.5. The van der Waals surface area contributed by atoms with Crippen LogP contribution in [0, 0.1) is 5.92 Å². The maximum Gasteiger partial charge on any atom is 0.472 e. The summed E-state index contributed by atoms with van der Waals surface area (Å²) in [6.07, 6.45) is 51.9. The van der Waals surface area contributed by atoms with Crippen LogP contribution in [0.2, 0.25) is 0 Å². The highest BCUT2D eigenvalue weighted by atomic mass is 31.2. The van der Waals surface area contributed by atoms with Crippen molar-refractivity contribution in [2.75, 3.05) is 39.6 Å². The van der Waals surface area contributed by atoms with Crippen LogP contribution < -0.4 is 0 Å². The smallest absolute Gasteiger partial charge is 0.462 e. The molecule has 0 aromatic carbocycles. The van der Waals surface area contributed by atoms with Gasteiger partial charge in [0.15, 0.2) is 12.2 Å². The molecule has 3 N–H and O–H groups in total. The zero-order valence-electron chi connectivity index (χ0n) is 58.3. The van der Waals surface area contributed by atoms with Crippen LogP contribution in [0.25, 0.3) is 0 Å². The lowest BCUT2D eigenvalue weighted by atomic mass is 10.0. The number of phosphoric acid groups is 2. The van der Waals surface area contributed by atoms with Gasteiger partial charge < -0.3 is 33.8 Å². The summed E-state index contributed by atoms with van der Waals surface area (Å²) in [7, 11) is -9.89. The first-order valence-corrected chi connectivity index (χ1v) is 40.1. The van der Waals surface area contributed by atoms with Gasteiger partial charge in [0.1, 0.15) is 19.3 Å². The molecule has 90 heavy (non-hydrogen) atoms. The molecule has 0 spiro atoms. The van der Waals surface area contributed by atoms with E-state index in [4.69, 9.17) is 37.0 Å². The first kappa shape index (κ1) is 88.1. The van der Waals surface area contributed by atoms with E-state index in [0.717, 1.165) is 102 Å². The molecule has 2 unspecified atom stereocenters. The van der Waals surface area contributed by atoms with Crippen molar-refractivity contribution < 1.29 is 80.2 Å². The van der Waals surface area contributed by atoms with Crippen LogP contribution in [0.5, 0.6) is 0 Å². The molecule has 0 rings (SSSR count). The van der Waals surface area contributed by atoms with Gasteiger partial charge in [-0.1, -0.05) is 317 Å². The number of carbonyl (C=O) groups excluding carboxylic acids is 4.